The van der Waals surface area contributed by atoms with Gasteiger partial charge in [-0.25, -0.2) is 0 Å². The highest BCUT2D eigenvalue weighted by atomic mass is 16.7. The average Bonchev–Trinajstić information content (AvgIpc) is 2.45. The molecule has 1 N–H and O–H groups in total. The van der Waals surface area contributed by atoms with E-state index in [1.165, 1.54) is 21.3 Å². The highest BCUT2D eigenvalue weighted by Gasteiger charge is 2.12. The molecule has 2 atom stereocenters. The fraction of sp³-hybridized carbons (Fsp3) is 0.833. The Morgan fingerprint density at radius 1 is 1.00 bits per heavy atom. The summed E-state index contributed by atoms with van der Waals surface area (Å²) in [7, 11) is 4.19. The Morgan fingerprint density at radius 3 is 1.79 bits per heavy atom. The van der Waals surface area contributed by atoms with E-state index < -0.39 is 0 Å². The van der Waals surface area contributed by atoms with Crippen LogP contribution in [0.25, 0.3) is 0 Å². The van der Waals surface area contributed by atoms with Gasteiger partial charge in [-0.05, 0) is 13.8 Å². The van der Waals surface area contributed by atoms with Crippen LogP contribution in [-0.4, -0.2) is 58.4 Å². The summed E-state index contributed by atoms with van der Waals surface area (Å²) in [5.74, 6) is -1.25. The first-order valence-corrected chi connectivity index (χ1v) is 5.77. The molecule has 0 aliphatic heterocycles. The van der Waals surface area contributed by atoms with Gasteiger partial charge < -0.3 is 24.1 Å². The summed E-state index contributed by atoms with van der Waals surface area (Å²) in [6, 6.07) is 0. The van der Waals surface area contributed by atoms with Crippen molar-refractivity contribution in [2.24, 2.45) is 11.8 Å². The topological polar surface area (TPSA) is 91.3 Å². The average molecular weight is 280 g/mol. The van der Waals surface area contributed by atoms with E-state index >= 15 is 0 Å². The summed E-state index contributed by atoms with van der Waals surface area (Å²) >= 11 is 0. The molecule has 0 unspecified atom stereocenters. The van der Waals surface area contributed by atoms with Gasteiger partial charge in [-0.2, -0.15) is 0 Å². The molecule has 0 heterocycles. The minimum atomic E-state index is -0.389. The maximum absolute atomic E-state index is 10.8. The zero-order valence-corrected chi connectivity index (χ0v) is 12.2. The Balaban J connectivity index is 0. The van der Waals surface area contributed by atoms with Crippen molar-refractivity contribution in [2.75, 3.05) is 41.3 Å². The highest BCUT2D eigenvalue weighted by Crippen LogP contribution is 1.97. The third-order valence-corrected chi connectivity index (χ3v) is 2.05. The number of carbonyl (C=O) groups excluding carboxylic acids is 2. The predicted molar refractivity (Wildman–Crippen MR) is 67.3 cm³/mol. The van der Waals surface area contributed by atoms with Crippen molar-refractivity contribution in [3.05, 3.63) is 0 Å². The van der Waals surface area contributed by atoms with Gasteiger partial charge in [0.1, 0.15) is 6.79 Å². The van der Waals surface area contributed by atoms with Crippen LogP contribution in [0.2, 0.25) is 0 Å². The molecule has 0 aliphatic rings. The third kappa shape index (κ3) is 11.6. The van der Waals surface area contributed by atoms with Crippen molar-refractivity contribution >= 4 is 11.9 Å². The van der Waals surface area contributed by atoms with E-state index in [9.17, 15) is 9.59 Å². The molecule has 0 aliphatic carbocycles. The number of hydrogen-bond acceptors (Lipinski definition) is 7. The van der Waals surface area contributed by atoms with Crippen LogP contribution >= 0.6 is 0 Å². The molecule has 0 saturated carbocycles. The van der Waals surface area contributed by atoms with Crippen molar-refractivity contribution in [3.63, 3.8) is 0 Å². The van der Waals surface area contributed by atoms with Crippen molar-refractivity contribution < 1.29 is 33.6 Å². The summed E-state index contributed by atoms with van der Waals surface area (Å²) in [5.41, 5.74) is 0. The maximum Gasteiger partial charge on any atom is 0.310 e. The van der Waals surface area contributed by atoms with E-state index in [1.807, 2.05) is 0 Å². The smallest absolute Gasteiger partial charge is 0.310 e. The Hall–Kier alpha value is -1.18. The highest BCUT2D eigenvalue weighted by molar-refractivity contribution is 5.72. The van der Waals surface area contributed by atoms with Crippen LogP contribution in [0.3, 0.4) is 0 Å². The standard InChI is InChI=1S/C7H14O4.C5H10O3/c1-6(7(8)10-3)4-11-5-9-2;1-4(3-6)5(7)8-2/h6H,4-5H2,1-3H3;4,6H,3H2,1-2H3/t6-;4-/m11/s1. The van der Waals surface area contributed by atoms with Crippen LogP contribution in [0.5, 0.6) is 0 Å². The second-order valence-electron chi connectivity index (χ2n) is 3.81. The second kappa shape index (κ2) is 13.3. The fourth-order valence-corrected chi connectivity index (χ4v) is 0.853. The second-order valence-corrected chi connectivity index (χ2v) is 3.81. The quantitative estimate of drug-likeness (QED) is 0.405. The number of aliphatic hydroxyl groups excluding tert-OH is 1. The third-order valence-electron chi connectivity index (χ3n) is 2.05. The van der Waals surface area contributed by atoms with Crippen LogP contribution < -0.4 is 0 Å². The number of hydrogen-bond donors (Lipinski definition) is 1. The molecule has 0 aromatic heterocycles. The number of rotatable bonds is 7. The van der Waals surface area contributed by atoms with E-state index in [0.717, 1.165) is 0 Å². The first-order valence-electron chi connectivity index (χ1n) is 5.77. The number of carbonyl (C=O) groups is 2. The van der Waals surface area contributed by atoms with Crippen LogP contribution in [-0.2, 0) is 28.5 Å². The normalized spacial score (nSPS) is 12.7. The fourth-order valence-electron chi connectivity index (χ4n) is 0.853. The first-order chi connectivity index (χ1) is 8.94. The molecule has 0 bridgehead atoms. The van der Waals surface area contributed by atoms with Gasteiger partial charge >= 0.3 is 11.9 Å². The largest absolute Gasteiger partial charge is 0.469 e. The summed E-state index contributed by atoms with van der Waals surface area (Å²) in [5, 5.41) is 8.34. The Bertz CT molecular complexity index is 242. The lowest BCUT2D eigenvalue weighted by Crippen LogP contribution is -2.18. The van der Waals surface area contributed by atoms with E-state index in [1.54, 1.807) is 13.8 Å². The lowest BCUT2D eigenvalue weighted by atomic mass is 10.2. The van der Waals surface area contributed by atoms with Gasteiger partial charge in [-0.15, -0.1) is 0 Å². The minimum Gasteiger partial charge on any atom is -0.469 e. The molecule has 114 valence electrons. The van der Waals surface area contributed by atoms with Gasteiger partial charge in [0.15, 0.2) is 0 Å². The van der Waals surface area contributed by atoms with E-state index in [-0.39, 0.29) is 37.2 Å². The molecule has 19 heavy (non-hydrogen) atoms. The minimum absolute atomic E-state index is 0.146. The number of ether oxygens (including phenoxy) is 4. The zero-order valence-electron chi connectivity index (χ0n) is 12.2. The summed E-state index contributed by atoms with van der Waals surface area (Å²) in [6.45, 7) is 3.74. The molecular weight excluding hydrogens is 256 g/mol. The maximum atomic E-state index is 10.8. The van der Waals surface area contributed by atoms with Gasteiger partial charge in [-0.1, -0.05) is 0 Å². The molecule has 0 fully saturated rings. The van der Waals surface area contributed by atoms with Crippen LogP contribution in [0.4, 0.5) is 0 Å². The molecule has 7 nitrogen and oxygen atoms in total. The first kappa shape index (κ1) is 20.1. The molecule has 0 aromatic rings. The van der Waals surface area contributed by atoms with Gasteiger partial charge in [0.2, 0.25) is 0 Å². The number of methoxy groups -OCH3 is 3. The molecule has 0 amide bonds. The Kier molecular flexibility index (Phi) is 14.1. The van der Waals surface area contributed by atoms with Crippen LogP contribution in [0, 0.1) is 11.8 Å². The van der Waals surface area contributed by atoms with E-state index in [4.69, 9.17) is 9.84 Å². The molecule has 0 saturated heterocycles. The number of esters is 2. The van der Waals surface area contributed by atoms with Crippen LogP contribution in [0.1, 0.15) is 13.8 Å². The Morgan fingerprint density at radius 2 is 1.47 bits per heavy atom. The lowest BCUT2D eigenvalue weighted by molar-refractivity contribution is -0.148. The molecule has 7 heteroatoms. The van der Waals surface area contributed by atoms with Gasteiger partial charge in [-0.3, -0.25) is 9.59 Å². The summed E-state index contributed by atoms with van der Waals surface area (Å²) < 4.78 is 18.4. The van der Waals surface area contributed by atoms with E-state index in [0.29, 0.717) is 6.61 Å². The molecule has 0 spiro atoms. The molecule has 0 aromatic carbocycles. The zero-order chi connectivity index (χ0) is 15.3. The van der Waals surface area contributed by atoms with Crippen molar-refractivity contribution in [3.8, 4) is 0 Å². The SMILES string of the molecule is COC(=O)[C@H](C)CO.COCOC[C@@H](C)C(=O)OC. The van der Waals surface area contributed by atoms with E-state index in [2.05, 4.69) is 14.2 Å². The van der Waals surface area contributed by atoms with Crippen molar-refractivity contribution in [2.45, 2.75) is 13.8 Å². The van der Waals surface area contributed by atoms with Gasteiger partial charge in [0.25, 0.3) is 0 Å². The number of aliphatic hydroxyl groups is 1. The Labute approximate surface area is 113 Å². The molecule has 0 radical (unpaired) electrons. The predicted octanol–water partition coefficient (Wildman–Crippen LogP) is 0.204. The van der Waals surface area contributed by atoms with Gasteiger partial charge in [0, 0.05) is 7.11 Å². The lowest BCUT2D eigenvalue weighted by Gasteiger charge is -2.08. The molecular formula is C12H24O7. The van der Waals surface area contributed by atoms with Crippen LogP contribution in [0.15, 0.2) is 0 Å². The monoisotopic (exact) mass is 280 g/mol. The summed E-state index contributed by atoms with van der Waals surface area (Å²) in [4.78, 5) is 21.1. The molecule has 0 rings (SSSR count). The summed E-state index contributed by atoms with van der Waals surface area (Å²) in [6.07, 6.45) is 0. The van der Waals surface area contributed by atoms with Crippen molar-refractivity contribution in [1.29, 1.82) is 0 Å². The van der Waals surface area contributed by atoms with Crippen molar-refractivity contribution in [1.82, 2.24) is 0 Å². The van der Waals surface area contributed by atoms with Gasteiger partial charge in [0.05, 0.1) is 39.3 Å².